The number of nitrogens with zero attached hydrogens (tertiary/aromatic N) is 1. The molecule has 2 rings (SSSR count). The summed E-state index contributed by atoms with van der Waals surface area (Å²) in [5.74, 6) is 0.303. The Balaban J connectivity index is 2.09. The molecule has 0 unspecified atom stereocenters. The highest BCUT2D eigenvalue weighted by molar-refractivity contribution is 5.61. The van der Waals surface area contributed by atoms with E-state index >= 15 is 0 Å². The molecule has 0 aromatic heterocycles. The molecule has 0 aliphatic rings. The molecule has 3 heteroatoms. The van der Waals surface area contributed by atoms with Gasteiger partial charge in [-0.15, -0.1) is 0 Å². The van der Waals surface area contributed by atoms with Gasteiger partial charge in [-0.2, -0.15) is 0 Å². The van der Waals surface area contributed by atoms with Crippen LogP contribution >= 0.6 is 0 Å². The number of aromatic hydroxyl groups is 1. The zero-order chi connectivity index (χ0) is 13.8. The molecule has 0 aliphatic carbocycles. The largest absolute Gasteiger partial charge is 0.508 e. The summed E-state index contributed by atoms with van der Waals surface area (Å²) in [6.45, 7) is 2.80. The summed E-state index contributed by atoms with van der Waals surface area (Å²) in [5.41, 5.74) is 4.61. The van der Waals surface area contributed by atoms with Gasteiger partial charge in [-0.3, -0.25) is 0 Å². The first-order valence-corrected chi connectivity index (χ1v) is 6.36. The average Bonchev–Trinajstić information content (AvgIpc) is 2.37. The van der Waals surface area contributed by atoms with Crippen LogP contribution in [0.15, 0.2) is 42.5 Å². The van der Waals surface area contributed by atoms with Crippen LogP contribution in [0.4, 0.5) is 11.4 Å². The second-order valence-corrected chi connectivity index (χ2v) is 4.92. The Morgan fingerprint density at radius 1 is 1.11 bits per heavy atom. The third kappa shape index (κ3) is 3.41. The van der Waals surface area contributed by atoms with Crippen molar-refractivity contribution in [3.8, 4) is 5.75 Å². The molecule has 0 heterocycles. The van der Waals surface area contributed by atoms with Crippen LogP contribution in [0.3, 0.4) is 0 Å². The molecule has 0 saturated heterocycles. The van der Waals surface area contributed by atoms with E-state index in [2.05, 4.69) is 35.3 Å². The summed E-state index contributed by atoms with van der Waals surface area (Å²) >= 11 is 0. The van der Waals surface area contributed by atoms with Gasteiger partial charge in [-0.05, 0) is 42.3 Å². The van der Waals surface area contributed by atoms with E-state index < -0.39 is 0 Å². The van der Waals surface area contributed by atoms with Gasteiger partial charge in [0.2, 0.25) is 0 Å². The normalized spacial score (nSPS) is 10.3. The lowest BCUT2D eigenvalue weighted by molar-refractivity contribution is 0.474. The molecule has 0 saturated carbocycles. The van der Waals surface area contributed by atoms with E-state index in [9.17, 15) is 5.11 Å². The Morgan fingerprint density at radius 2 is 1.89 bits per heavy atom. The minimum Gasteiger partial charge on any atom is -0.508 e. The molecule has 2 aromatic rings. The van der Waals surface area contributed by atoms with Crippen LogP contribution in [0, 0.1) is 6.92 Å². The van der Waals surface area contributed by atoms with Gasteiger partial charge < -0.3 is 15.3 Å². The van der Waals surface area contributed by atoms with Crippen LogP contribution in [0.2, 0.25) is 0 Å². The van der Waals surface area contributed by atoms with E-state index in [4.69, 9.17) is 0 Å². The minimum absolute atomic E-state index is 0.303. The minimum atomic E-state index is 0.303. The van der Waals surface area contributed by atoms with Crippen LogP contribution in [0.1, 0.15) is 11.1 Å². The maximum Gasteiger partial charge on any atom is 0.115 e. The van der Waals surface area contributed by atoms with Crippen molar-refractivity contribution in [2.75, 3.05) is 24.3 Å². The number of hydrogen-bond donors (Lipinski definition) is 2. The number of benzene rings is 2. The lowest BCUT2D eigenvalue weighted by Crippen LogP contribution is -2.10. The van der Waals surface area contributed by atoms with Crippen molar-refractivity contribution in [1.29, 1.82) is 0 Å². The van der Waals surface area contributed by atoms with Crippen LogP contribution < -0.4 is 10.2 Å². The van der Waals surface area contributed by atoms with Gasteiger partial charge in [0.1, 0.15) is 5.75 Å². The second kappa shape index (κ2) is 5.65. The molecule has 0 radical (unpaired) electrons. The Labute approximate surface area is 114 Å². The van der Waals surface area contributed by atoms with Crippen LogP contribution in [-0.4, -0.2) is 19.2 Å². The fraction of sp³-hybridized carbons (Fsp3) is 0.250. The molecular weight excluding hydrogens is 236 g/mol. The zero-order valence-electron chi connectivity index (χ0n) is 11.6. The first-order valence-electron chi connectivity index (χ1n) is 6.36. The first-order chi connectivity index (χ1) is 9.06. The third-order valence-electron chi connectivity index (χ3n) is 3.10. The molecule has 0 atom stereocenters. The van der Waals surface area contributed by atoms with E-state index in [0.29, 0.717) is 12.3 Å². The smallest absolute Gasteiger partial charge is 0.115 e. The van der Waals surface area contributed by atoms with Crippen LogP contribution in [0.25, 0.3) is 0 Å². The summed E-state index contributed by atoms with van der Waals surface area (Å²) in [7, 11) is 4.09. The average molecular weight is 256 g/mol. The van der Waals surface area contributed by atoms with E-state index in [1.165, 1.54) is 11.3 Å². The maximum atomic E-state index is 9.43. The Hall–Kier alpha value is -2.16. The highest BCUT2D eigenvalue weighted by Crippen LogP contribution is 2.23. The SMILES string of the molecule is Cc1ccc(NCc2cccc(O)c2)cc1N(C)C. The van der Waals surface area contributed by atoms with Crippen molar-refractivity contribution in [1.82, 2.24) is 0 Å². The van der Waals surface area contributed by atoms with Crippen molar-refractivity contribution < 1.29 is 5.11 Å². The summed E-state index contributed by atoms with van der Waals surface area (Å²) in [6.07, 6.45) is 0. The number of phenolic OH excluding ortho intramolecular Hbond substituents is 1. The fourth-order valence-corrected chi connectivity index (χ4v) is 2.07. The number of nitrogens with one attached hydrogen (secondary N) is 1. The molecule has 2 aromatic carbocycles. The van der Waals surface area contributed by atoms with Crippen molar-refractivity contribution in [3.63, 3.8) is 0 Å². The van der Waals surface area contributed by atoms with Gasteiger partial charge in [-0.25, -0.2) is 0 Å². The van der Waals surface area contributed by atoms with Crippen LogP contribution in [-0.2, 0) is 6.54 Å². The Kier molecular flexibility index (Phi) is 3.95. The predicted molar refractivity (Wildman–Crippen MR) is 80.9 cm³/mol. The van der Waals surface area contributed by atoms with Crippen molar-refractivity contribution in [2.45, 2.75) is 13.5 Å². The van der Waals surface area contributed by atoms with Gasteiger partial charge >= 0.3 is 0 Å². The summed E-state index contributed by atoms with van der Waals surface area (Å²) < 4.78 is 0. The van der Waals surface area contributed by atoms with E-state index in [1.807, 2.05) is 26.2 Å². The van der Waals surface area contributed by atoms with E-state index in [-0.39, 0.29) is 0 Å². The number of rotatable bonds is 4. The summed E-state index contributed by atoms with van der Waals surface area (Å²) in [6, 6.07) is 13.6. The number of anilines is 2. The maximum absolute atomic E-state index is 9.43. The molecule has 0 aliphatic heterocycles. The lowest BCUT2D eigenvalue weighted by atomic mass is 10.1. The summed E-state index contributed by atoms with van der Waals surface area (Å²) in [5, 5.41) is 12.8. The molecule has 3 nitrogen and oxygen atoms in total. The highest BCUT2D eigenvalue weighted by atomic mass is 16.3. The topological polar surface area (TPSA) is 35.5 Å². The third-order valence-corrected chi connectivity index (χ3v) is 3.10. The van der Waals surface area contributed by atoms with Gasteiger partial charge in [-0.1, -0.05) is 18.2 Å². The number of phenols is 1. The van der Waals surface area contributed by atoms with Gasteiger partial charge in [0.25, 0.3) is 0 Å². The molecule has 100 valence electrons. The highest BCUT2D eigenvalue weighted by Gasteiger charge is 2.02. The number of hydrogen-bond acceptors (Lipinski definition) is 3. The van der Waals surface area contributed by atoms with Crippen molar-refractivity contribution >= 4 is 11.4 Å². The Bertz CT molecular complexity index is 564. The molecular formula is C16H20N2O. The fourth-order valence-electron chi connectivity index (χ4n) is 2.07. The molecule has 0 amide bonds. The van der Waals surface area contributed by atoms with Crippen molar-refractivity contribution in [2.24, 2.45) is 0 Å². The molecule has 0 bridgehead atoms. The van der Waals surface area contributed by atoms with Gasteiger partial charge in [0, 0.05) is 32.0 Å². The van der Waals surface area contributed by atoms with Crippen LogP contribution in [0.5, 0.6) is 5.75 Å². The second-order valence-electron chi connectivity index (χ2n) is 4.92. The Morgan fingerprint density at radius 3 is 2.58 bits per heavy atom. The van der Waals surface area contributed by atoms with Crippen molar-refractivity contribution in [3.05, 3.63) is 53.6 Å². The molecule has 19 heavy (non-hydrogen) atoms. The lowest BCUT2D eigenvalue weighted by Gasteiger charge is -2.17. The van der Waals surface area contributed by atoms with Gasteiger partial charge in [0.05, 0.1) is 0 Å². The molecule has 0 fully saturated rings. The van der Waals surface area contributed by atoms with E-state index in [1.54, 1.807) is 12.1 Å². The molecule has 0 spiro atoms. The van der Waals surface area contributed by atoms with Gasteiger partial charge in [0.15, 0.2) is 0 Å². The quantitative estimate of drug-likeness (QED) is 0.880. The van der Waals surface area contributed by atoms with E-state index in [0.717, 1.165) is 11.3 Å². The predicted octanol–water partition coefficient (Wildman–Crippen LogP) is 3.38. The zero-order valence-corrected chi connectivity index (χ0v) is 11.6. The standard InChI is InChI=1S/C16H20N2O/c1-12-7-8-14(10-16(12)18(2)3)17-11-13-5-4-6-15(19)9-13/h4-10,17,19H,11H2,1-3H3. The summed E-state index contributed by atoms with van der Waals surface area (Å²) in [4.78, 5) is 2.11. The monoisotopic (exact) mass is 256 g/mol. The molecule has 2 N–H and O–H groups in total. The first kappa shape index (κ1) is 13.3. The number of aryl methyl sites for hydroxylation is 1.